The zero-order valence-electron chi connectivity index (χ0n) is 10.6. The molecule has 1 heterocycles. The maximum atomic E-state index is 12.1. The quantitative estimate of drug-likeness (QED) is 0.718. The minimum Gasteiger partial charge on any atom is -0.478 e. The van der Waals surface area contributed by atoms with Gasteiger partial charge in [-0.15, -0.1) is 0 Å². The van der Waals surface area contributed by atoms with Crippen LogP contribution < -0.4 is 11.1 Å². The summed E-state index contributed by atoms with van der Waals surface area (Å²) in [5.41, 5.74) is 5.18. The van der Waals surface area contributed by atoms with Gasteiger partial charge in [-0.1, -0.05) is 0 Å². The van der Waals surface area contributed by atoms with Crippen molar-refractivity contribution < 1.29 is 19.4 Å². The van der Waals surface area contributed by atoms with E-state index in [1.54, 1.807) is 13.0 Å². The van der Waals surface area contributed by atoms with E-state index < -0.39 is 11.6 Å². The van der Waals surface area contributed by atoms with Crippen LogP contribution in [0.15, 0.2) is 18.2 Å². The number of nitrogen functional groups attached to an aromatic ring is 1. The van der Waals surface area contributed by atoms with E-state index in [0.717, 1.165) is 6.42 Å². The standard InChI is InChI=1S/C13H16N2O4/c1-13(5-2-6-19-13)12(18)15-10-4-3-8(14)7-9(10)11(16)17/h3-4,7H,2,5-6,14H2,1H3,(H,15,18)(H,16,17). The fourth-order valence-corrected chi connectivity index (χ4v) is 2.06. The van der Waals surface area contributed by atoms with Gasteiger partial charge in [0.2, 0.25) is 0 Å². The van der Waals surface area contributed by atoms with Crippen molar-refractivity contribution in [3.63, 3.8) is 0 Å². The average molecular weight is 264 g/mol. The summed E-state index contributed by atoms with van der Waals surface area (Å²) in [6.07, 6.45) is 1.44. The zero-order valence-corrected chi connectivity index (χ0v) is 10.6. The molecule has 0 saturated carbocycles. The molecule has 0 aliphatic carbocycles. The molecule has 1 amide bonds. The highest BCUT2D eigenvalue weighted by Gasteiger charge is 2.38. The third kappa shape index (κ3) is 2.68. The van der Waals surface area contributed by atoms with Crippen LogP contribution in [0.4, 0.5) is 11.4 Å². The molecule has 102 valence electrons. The summed E-state index contributed by atoms with van der Waals surface area (Å²) in [5, 5.41) is 11.7. The normalized spacial score (nSPS) is 22.2. The zero-order chi connectivity index (χ0) is 14.0. The molecule has 1 aromatic rings. The van der Waals surface area contributed by atoms with Crippen molar-refractivity contribution in [3.05, 3.63) is 23.8 Å². The Labute approximate surface area is 110 Å². The Hall–Kier alpha value is -2.08. The second-order valence-electron chi connectivity index (χ2n) is 4.75. The maximum absolute atomic E-state index is 12.1. The first-order valence-electron chi connectivity index (χ1n) is 6.00. The summed E-state index contributed by atoms with van der Waals surface area (Å²) in [5.74, 6) is -1.47. The number of amides is 1. The van der Waals surface area contributed by atoms with Crippen molar-refractivity contribution >= 4 is 23.3 Å². The molecule has 1 aliphatic heterocycles. The number of carboxylic acid groups (broad SMARTS) is 1. The number of ether oxygens (including phenoxy) is 1. The smallest absolute Gasteiger partial charge is 0.337 e. The highest BCUT2D eigenvalue weighted by molar-refractivity contribution is 6.03. The first-order chi connectivity index (χ1) is 8.92. The molecule has 4 N–H and O–H groups in total. The molecular weight excluding hydrogens is 248 g/mol. The van der Waals surface area contributed by atoms with Crippen LogP contribution >= 0.6 is 0 Å². The number of nitrogens with one attached hydrogen (secondary N) is 1. The Balaban J connectivity index is 2.23. The average Bonchev–Trinajstić information content (AvgIpc) is 2.79. The number of hydrogen-bond donors (Lipinski definition) is 3. The van der Waals surface area contributed by atoms with Gasteiger partial charge in [0.1, 0.15) is 5.60 Å². The first-order valence-corrected chi connectivity index (χ1v) is 6.00. The number of nitrogens with two attached hydrogens (primary N) is 1. The van der Waals surface area contributed by atoms with Gasteiger partial charge in [0, 0.05) is 12.3 Å². The predicted molar refractivity (Wildman–Crippen MR) is 70.0 cm³/mol. The number of carbonyl (C=O) groups is 2. The maximum Gasteiger partial charge on any atom is 0.337 e. The number of benzene rings is 1. The number of hydrogen-bond acceptors (Lipinski definition) is 4. The predicted octanol–water partition coefficient (Wildman–Crippen LogP) is 1.47. The van der Waals surface area contributed by atoms with Crippen molar-refractivity contribution in [2.24, 2.45) is 0 Å². The van der Waals surface area contributed by atoms with Crippen LogP contribution in [0.1, 0.15) is 30.1 Å². The van der Waals surface area contributed by atoms with Gasteiger partial charge in [-0.05, 0) is 38.0 Å². The first kappa shape index (κ1) is 13.4. The van der Waals surface area contributed by atoms with Crippen LogP contribution in [0.3, 0.4) is 0 Å². The minimum absolute atomic E-state index is 0.0325. The molecule has 2 rings (SSSR count). The van der Waals surface area contributed by atoms with E-state index in [4.69, 9.17) is 15.6 Å². The summed E-state index contributed by atoms with van der Waals surface area (Å²) in [7, 11) is 0. The fraction of sp³-hybridized carbons (Fsp3) is 0.385. The Bertz CT molecular complexity index is 521. The van der Waals surface area contributed by atoms with E-state index in [9.17, 15) is 9.59 Å². The molecule has 0 spiro atoms. The molecule has 0 radical (unpaired) electrons. The summed E-state index contributed by atoms with van der Waals surface area (Å²) < 4.78 is 5.41. The van der Waals surface area contributed by atoms with E-state index in [1.165, 1.54) is 12.1 Å². The molecule has 1 saturated heterocycles. The molecule has 6 heteroatoms. The topological polar surface area (TPSA) is 102 Å². The Morgan fingerprint density at radius 1 is 1.47 bits per heavy atom. The van der Waals surface area contributed by atoms with Crippen molar-refractivity contribution in [2.45, 2.75) is 25.4 Å². The van der Waals surface area contributed by atoms with E-state index in [1.807, 2.05) is 0 Å². The van der Waals surface area contributed by atoms with Crippen LogP contribution in [0.5, 0.6) is 0 Å². The van der Waals surface area contributed by atoms with Gasteiger partial charge in [-0.3, -0.25) is 4.79 Å². The number of aromatic carboxylic acids is 1. The van der Waals surface area contributed by atoms with Crippen molar-refractivity contribution in [2.75, 3.05) is 17.7 Å². The van der Waals surface area contributed by atoms with Gasteiger partial charge >= 0.3 is 5.97 Å². The van der Waals surface area contributed by atoms with Gasteiger partial charge in [-0.25, -0.2) is 4.79 Å². The number of carboxylic acids is 1. The van der Waals surface area contributed by atoms with Crippen LogP contribution in [0.2, 0.25) is 0 Å². The third-order valence-corrected chi connectivity index (χ3v) is 3.22. The molecule has 1 aromatic carbocycles. The molecule has 1 aliphatic rings. The molecule has 19 heavy (non-hydrogen) atoms. The largest absolute Gasteiger partial charge is 0.478 e. The van der Waals surface area contributed by atoms with Crippen LogP contribution in [0, 0.1) is 0 Å². The molecule has 1 fully saturated rings. The van der Waals surface area contributed by atoms with E-state index in [0.29, 0.717) is 18.7 Å². The van der Waals surface area contributed by atoms with Gasteiger partial charge in [-0.2, -0.15) is 0 Å². The number of rotatable bonds is 3. The van der Waals surface area contributed by atoms with Gasteiger partial charge in [0.25, 0.3) is 5.91 Å². The summed E-state index contributed by atoms with van der Waals surface area (Å²) >= 11 is 0. The second-order valence-corrected chi connectivity index (χ2v) is 4.75. The van der Waals surface area contributed by atoms with E-state index in [2.05, 4.69) is 5.32 Å². The molecule has 0 bridgehead atoms. The highest BCUT2D eigenvalue weighted by atomic mass is 16.5. The van der Waals surface area contributed by atoms with Crippen molar-refractivity contribution in [1.82, 2.24) is 0 Å². The van der Waals surface area contributed by atoms with Gasteiger partial charge in [0.05, 0.1) is 11.3 Å². The fourth-order valence-electron chi connectivity index (χ4n) is 2.06. The van der Waals surface area contributed by atoms with Crippen LogP contribution in [-0.2, 0) is 9.53 Å². The molecule has 6 nitrogen and oxygen atoms in total. The molecular formula is C13H16N2O4. The lowest BCUT2D eigenvalue weighted by Crippen LogP contribution is -2.39. The molecule has 0 aromatic heterocycles. The van der Waals surface area contributed by atoms with Crippen molar-refractivity contribution in [3.8, 4) is 0 Å². The molecule has 1 unspecified atom stereocenters. The second kappa shape index (κ2) is 4.89. The van der Waals surface area contributed by atoms with E-state index >= 15 is 0 Å². The Morgan fingerprint density at radius 2 is 2.21 bits per heavy atom. The van der Waals surface area contributed by atoms with Gasteiger partial charge in [0.15, 0.2) is 0 Å². The number of anilines is 2. The Kier molecular flexibility index (Phi) is 3.44. The Morgan fingerprint density at radius 3 is 2.79 bits per heavy atom. The van der Waals surface area contributed by atoms with Crippen molar-refractivity contribution in [1.29, 1.82) is 0 Å². The van der Waals surface area contributed by atoms with E-state index in [-0.39, 0.29) is 17.2 Å². The monoisotopic (exact) mass is 264 g/mol. The lowest BCUT2D eigenvalue weighted by Gasteiger charge is -2.22. The summed E-state index contributed by atoms with van der Waals surface area (Å²) in [6.45, 7) is 2.24. The minimum atomic E-state index is -1.14. The SMILES string of the molecule is CC1(C(=O)Nc2ccc(N)cc2C(=O)O)CCCO1. The highest BCUT2D eigenvalue weighted by Crippen LogP contribution is 2.28. The third-order valence-electron chi connectivity index (χ3n) is 3.22. The summed E-state index contributed by atoms with van der Waals surface area (Å²) in [4.78, 5) is 23.3. The molecule has 1 atom stereocenters. The van der Waals surface area contributed by atoms with Gasteiger partial charge < -0.3 is 20.9 Å². The lowest BCUT2D eigenvalue weighted by molar-refractivity contribution is -0.133. The van der Waals surface area contributed by atoms with Crippen LogP contribution in [0.25, 0.3) is 0 Å². The summed E-state index contributed by atoms with van der Waals surface area (Å²) in [6, 6.07) is 4.34. The number of carbonyl (C=O) groups excluding carboxylic acids is 1. The lowest BCUT2D eigenvalue weighted by atomic mass is 10.0. The van der Waals surface area contributed by atoms with Crippen LogP contribution in [-0.4, -0.2) is 29.2 Å².